The molecule has 148 valence electrons. The minimum Gasteiger partial charge on any atom is -0.495 e. The number of aryl methyl sites for hydroxylation is 1. The Morgan fingerprint density at radius 1 is 1.15 bits per heavy atom. The summed E-state index contributed by atoms with van der Waals surface area (Å²) in [6.07, 6.45) is 5.75. The number of piperidine rings is 1. The minimum atomic E-state index is -0.0515. The van der Waals surface area contributed by atoms with Crippen molar-refractivity contribution in [1.29, 1.82) is 0 Å². The van der Waals surface area contributed by atoms with Crippen LogP contribution in [-0.4, -0.2) is 60.9 Å². The lowest BCUT2D eigenvalue weighted by Crippen LogP contribution is -2.47. The van der Waals surface area contributed by atoms with Crippen molar-refractivity contribution in [2.75, 3.05) is 38.6 Å². The van der Waals surface area contributed by atoms with Crippen LogP contribution in [0, 0.1) is 6.92 Å². The number of carbonyl (C=O) groups excluding carboxylic acids is 2. The molecule has 1 N–H and O–H groups in total. The van der Waals surface area contributed by atoms with Gasteiger partial charge >= 0.3 is 0 Å². The summed E-state index contributed by atoms with van der Waals surface area (Å²) in [7, 11) is 1.60. The number of hydrogen-bond donors (Lipinski definition) is 1. The van der Waals surface area contributed by atoms with Crippen molar-refractivity contribution in [3.05, 3.63) is 23.8 Å². The largest absolute Gasteiger partial charge is 0.495 e. The molecule has 1 aromatic rings. The van der Waals surface area contributed by atoms with Gasteiger partial charge in [0.25, 0.3) is 0 Å². The molecule has 2 saturated heterocycles. The van der Waals surface area contributed by atoms with E-state index in [4.69, 9.17) is 4.74 Å². The van der Waals surface area contributed by atoms with Crippen LogP contribution in [0.25, 0.3) is 0 Å². The van der Waals surface area contributed by atoms with Crippen LogP contribution in [0.4, 0.5) is 5.69 Å². The van der Waals surface area contributed by atoms with Crippen LogP contribution >= 0.6 is 0 Å². The van der Waals surface area contributed by atoms with Crippen molar-refractivity contribution in [3.8, 4) is 5.75 Å². The first-order valence-corrected chi connectivity index (χ1v) is 10.1. The number of hydrogen-bond acceptors (Lipinski definition) is 4. The van der Waals surface area contributed by atoms with Gasteiger partial charge in [-0.15, -0.1) is 0 Å². The standard InChI is InChI=1S/C21H31N3O3/c1-16-8-9-19(27-2)17(15-16)22-20(25)10-14-23-13-6-7-18(23)21(26)24-11-4-3-5-12-24/h8-9,15,18H,3-7,10-14H2,1-2H3,(H,22,25). The molecule has 27 heavy (non-hydrogen) atoms. The molecule has 0 aromatic heterocycles. The van der Waals surface area contributed by atoms with E-state index in [9.17, 15) is 9.59 Å². The summed E-state index contributed by atoms with van der Waals surface area (Å²) in [5.41, 5.74) is 1.77. The van der Waals surface area contributed by atoms with Gasteiger partial charge in [0, 0.05) is 26.1 Å². The van der Waals surface area contributed by atoms with E-state index in [2.05, 4.69) is 10.2 Å². The maximum atomic E-state index is 12.8. The molecular weight excluding hydrogens is 342 g/mol. The topological polar surface area (TPSA) is 61.9 Å². The SMILES string of the molecule is COc1ccc(C)cc1NC(=O)CCN1CCCC1C(=O)N1CCCCC1. The minimum absolute atomic E-state index is 0.0463. The molecule has 2 heterocycles. The molecule has 0 aliphatic carbocycles. The molecule has 1 aromatic carbocycles. The molecule has 2 fully saturated rings. The Labute approximate surface area is 161 Å². The number of methoxy groups -OCH3 is 1. The molecule has 2 aliphatic rings. The Morgan fingerprint density at radius 2 is 1.93 bits per heavy atom. The van der Waals surface area contributed by atoms with E-state index in [1.807, 2.05) is 30.0 Å². The highest BCUT2D eigenvalue weighted by molar-refractivity contribution is 5.92. The molecular formula is C21H31N3O3. The third kappa shape index (κ3) is 5.01. The lowest BCUT2D eigenvalue weighted by Gasteiger charge is -2.32. The van der Waals surface area contributed by atoms with Crippen molar-refractivity contribution in [2.24, 2.45) is 0 Å². The fraction of sp³-hybridized carbons (Fsp3) is 0.619. The van der Waals surface area contributed by atoms with Crippen LogP contribution in [0.1, 0.15) is 44.1 Å². The van der Waals surface area contributed by atoms with E-state index >= 15 is 0 Å². The van der Waals surface area contributed by atoms with Gasteiger partial charge in [-0.25, -0.2) is 0 Å². The summed E-state index contributed by atoms with van der Waals surface area (Å²) in [5.74, 6) is 0.871. The Morgan fingerprint density at radius 3 is 2.67 bits per heavy atom. The van der Waals surface area contributed by atoms with Crippen LogP contribution in [-0.2, 0) is 9.59 Å². The Hall–Kier alpha value is -2.08. The molecule has 6 heteroatoms. The first-order chi connectivity index (χ1) is 13.1. The lowest BCUT2D eigenvalue weighted by molar-refractivity contribution is -0.137. The zero-order valence-electron chi connectivity index (χ0n) is 16.5. The van der Waals surface area contributed by atoms with Gasteiger partial charge in [0.1, 0.15) is 5.75 Å². The van der Waals surface area contributed by atoms with Gasteiger partial charge in [-0.2, -0.15) is 0 Å². The van der Waals surface area contributed by atoms with Gasteiger partial charge in [0.2, 0.25) is 11.8 Å². The fourth-order valence-corrected chi connectivity index (χ4v) is 4.08. The highest BCUT2D eigenvalue weighted by Gasteiger charge is 2.34. The van der Waals surface area contributed by atoms with Crippen molar-refractivity contribution in [1.82, 2.24) is 9.80 Å². The van der Waals surface area contributed by atoms with Crippen LogP contribution in [0.3, 0.4) is 0 Å². The zero-order chi connectivity index (χ0) is 19.2. The van der Waals surface area contributed by atoms with Gasteiger partial charge in [0.15, 0.2) is 0 Å². The average molecular weight is 373 g/mol. The van der Waals surface area contributed by atoms with Crippen molar-refractivity contribution < 1.29 is 14.3 Å². The molecule has 1 unspecified atom stereocenters. The summed E-state index contributed by atoms with van der Waals surface area (Å²) in [6.45, 7) is 5.26. The third-order valence-corrected chi connectivity index (χ3v) is 5.57. The van der Waals surface area contributed by atoms with E-state index < -0.39 is 0 Å². The number of rotatable bonds is 6. The van der Waals surface area contributed by atoms with Gasteiger partial charge in [0.05, 0.1) is 18.8 Å². The summed E-state index contributed by atoms with van der Waals surface area (Å²) in [6, 6.07) is 5.67. The molecule has 0 bridgehead atoms. The monoisotopic (exact) mass is 373 g/mol. The van der Waals surface area contributed by atoms with Gasteiger partial charge in [-0.05, 0) is 63.3 Å². The van der Waals surface area contributed by atoms with E-state index in [1.54, 1.807) is 7.11 Å². The van der Waals surface area contributed by atoms with Gasteiger partial charge in [-0.1, -0.05) is 6.07 Å². The fourth-order valence-electron chi connectivity index (χ4n) is 4.08. The molecule has 2 amide bonds. The van der Waals surface area contributed by atoms with Crippen molar-refractivity contribution >= 4 is 17.5 Å². The number of ether oxygens (including phenoxy) is 1. The number of benzene rings is 1. The maximum absolute atomic E-state index is 12.8. The summed E-state index contributed by atoms with van der Waals surface area (Å²) in [5, 5.41) is 2.95. The summed E-state index contributed by atoms with van der Waals surface area (Å²) in [4.78, 5) is 29.5. The number of amides is 2. The van der Waals surface area contributed by atoms with Crippen LogP contribution in [0.2, 0.25) is 0 Å². The molecule has 3 rings (SSSR count). The highest BCUT2D eigenvalue weighted by Crippen LogP contribution is 2.26. The molecule has 6 nitrogen and oxygen atoms in total. The van der Waals surface area contributed by atoms with E-state index in [1.165, 1.54) is 6.42 Å². The second kappa shape index (κ2) is 9.22. The Bertz CT molecular complexity index is 671. The predicted octanol–water partition coefficient (Wildman–Crippen LogP) is 2.81. The summed E-state index contributed by atoms with van der Waals surface area (Å²) >= 11 is 0. The quantitative estimate of drug-likeness (QED) is 0.833. The number of likely N-dealkylation sites (tertiary alicyclic amines) is 2. The second-order valence-electron chi connectivity index (χ2n) is 7.58. The Balaban J connectivity index is 1.53. The Kier molecular flexibility index (Phi) is 6.72. The molecule has 0 spiro atoms. The number of anilines is 1. The number of nitrogens with one attached hydrogen (secondary N) is 1. The third-order valence-electron chi connectivity index (χ3n) is 5.57. The smallest absolute Gasteiger partial charge is 0.239 e. The average Bonchev–Trinajstić information content (AvgIpc) is 3.15. The molecule has 0 radical (unpaired) electrons. The van der Waals surface area contributed by atoms with Crippen LogP contribution in [0.5, 0.6) is 5.75 Å². The number of nitrogens with zero attached hydrogens (tertiary/aromatic N) is 2. The summed E-state index contributed by atoms with van der Waals surface area (Å²) < 4.78 is 5.32. The van der Waals surface area contributed by atoms with Crippen LogP contribution < -0.4 is 10.1 Å². The van der Waals surface area contributed by atoms with Crippen molar-refractivity contribution in [3.63, 3.8) is 0 Å². The maximum Gasteiger partial charge on any atom is 0.239 e. The first-order valence-electron chi connectivity index (χ1n) is 10.1. The van der Waals surface area contributed by atoms with Gasteiger partial charge < -0.3 is 15.0 Å². The van der Waals surface area contributed by atoms with Crippen LogP contribution in [0.15, 0.2) is 18.2 Å². The zero-order valence-corrected chi connectivity index (χ0v) is 16.5. The molecule has 0 saturated carbocycles. The lowest BCUT2D eigenvalue weighted by atomic mass is 10.1. The first kappa shape index (κ1) is 19.7. The van der Waals surface area contributed by atoms with E-state index in [0.717, 1.165) is 50.9 Å². The number of carbonyl (C=O) groups is 2. The van der Waals surface area contributed by atoms with E-state index in [0.29, 0.717) is 24.4 Å². The van der Waals surface area contributed by atoms with E-state index in [-0.39, 0.29) is 17.9 Å². The molecule has 2 aliphatic heterocycles. The molecule has 1 atom stereocenters. The predicted molar refractivity (Wildman–Crippen MR) is 106 cm³/mol. The highest BCUT2D eigenvalue weighted by atomic mass is 16.5. The van der Waals surface area contributed by atoms with Crippen molar-refractivity contribution in [2.45, 2.75) is 51.5 Å². The second-order valence-corrected chi connectivity index (χ2v) is 7.58. The van der Waals surface area contributed by atoms with Gasteiger partial charge in [-0.3, -0.25) is 14.5 Å². The normalized spacial score (nSPS) is 20.5.